The first-order chi connectivity index (χ1) is 10.3. The largest absolute Gasteiger partial charge is 0.380 e. The average molecular weight is 301 g/mol. The van der Waals surface area contributed by atoms with Gasteiger partial charge in [-0.05, 0) is 36.2 Å². The standard InChI is InChI=1S/C17H23N3S/c1-19-8-10-20(11-9-19)14-15-4-6-16(7-5-15)18-13-17-3-2-12-21-17/h2-7,12,18H,8-11,13-14H2,1H3. The SMILES string of the molecule is CN1CCN(Cc2ccc(NCc3cccs3)cc2)CC1. The maximum Gasteiger partial charge on any atom is 0.0494 e. The fourth-order valence-electron chi connectivity index (χ4n) is 2.59. The van der Waals surface area contributed by atoms with Crippen LogP contribution in [0.15, 0.2) is 41.8 Å². The molecule has 1 aromatic heterocycles. The molecule has 3 rings (SSSR count). The van der Waals surface area contributed by atoms with E-state index in [0.29, 0.717) is 0 Å². The van der Waals surface area contributed by atoms with E-state index in [-0.39, 0.29) is 0 Å². The summed E-state index contributed by atoms with van der Waals surface area (Å²) in [5, 5.41) is 5.60. The zero-order valence-electron chi connectivity index (χ0n) is 12.6. The van der Waals surface area contributed by atoms with E-state index in [4.69, 9.17) is 0 Å². The molecule has 0 saturated carbocycles. The zero-order chi connectivity index (χ0) is 14.5. The first-order valence-corrected chi connectivity index (χ1v) is 8.44. The summed E-state index contributed by atoms with van der Waals surface area (Å²) in [5.74, 6) is 0. The summed E-state index contributed by atoms with van der Waals surface area (Å²) in [4.78, 5) is 6.30. The van der Waals surface area contributed by atoms with Crippen molar-refractivity contribution in [2.45, 2.75) is 13.1 Å². The predicted molar refractivity (Wildman–Crippen MR) is 90.9 cm³/mol. The highest BCUT2D eigenvalue weighted by Crippen LogP contribution is 2.15. The lowest BCUT2D eigenvalue weighted by Crippen LogP contribution is -2.43. The molecule has 3 nitrogen and oxygen atoms in total. The number of hydrogen-bond acceptors (Lipinski definition) is 4. The normalized spacial score (nSPS) is 17.0. The van der Waals surface area contributed by atoms with Crippen molar-refractivity contribution in [3.63, 3.8) is 0 Å². The van der Waals surface area contributed by atoms with Crippen molar-refractivity contribution in [1.82, 2.24) is 9.80 Å². The first kappa shape index (κ1) is 14.6. The van der Waals surface area contributed by atoms with Crippen LogP contribution in [0.1, 0.15) is 10.4 Å². The number of benzene rings is 1. The van der Waals surface area contributed by atoms with Crippen molar-refractivity contribution in [2.24, 2.45) is 0 Å². The quantitative estimate of drug-likeness (QED) is 0.915. The Labute approximate surface area is 131 Å². The van der Waals surface area contributed by atoms with Crippen molar-refractivity contribution >= 4 is 17.0 Å². The van der Waals surface area contributed by atoms with Crippen LogP contribution < -0.4 is 5.32 Å². The Morgan fingerprint density at radius 1 is 1.05 bits per heavy atom. The van der Waals surface area contributed by atoms with Gasteiger partial charge in [0.1, 0.15) is 0 Å². The molecule has 0 radical (unpaired) electrons. The molecule has 2 heterocycles. The Bertz CT molecular complexity index is 528. The van der Waals surface area contributed by atoms with Gasteiger partial charge in [-0.15, -0.1) is 11.3 Å². The average Bonchev–Trinajstić information content (AvgIpc) is 3.02. The molecule has 21 heavy (non-hydrogen) atoms. The summed E-state index contributed by atoms with van der Waals surface area (Å²) in [6.07, 6.45) is 0. The molecule has 112 valence electrons. The highest BCUT2D eigenvalue weighted by Gasteiger charge is 2.13. The lowest BCUT2D eigenvalue weighted by molar-refractivity contribution is 0.148. The molecule has 1 fully saturated rings. The summed E-state index contributed by atoms with van der Waals surface area (Å²) in [7, 11) is 2.20. The van der Waals surface area contributed by atoms with Gasteiger partial charge in [-0.25, -0.2) is 0 Å². The molecule has 1 aromatic carbocycles. The van der Waals surface area contributed by atoms with Gasteiger partial charge in [0.15, 0.2) is 0 Å². The molecule has 1 saturated heterocycles. The molecule has 4 heteroatoms. The third kappa shape index (κ3) is 4.30. The molecule has 1 aliphatic rings. The van der Waals surface area contributed by atoms with Gasteiger partial charge in [0.05, 0.1) is 0 Å². The molecular formula is C17H23N3S. The van der Waals surface area contributed by atoms with Crippen LogP contribution in [0.25, 0.3) is 0 Å². The number of rotatable bonds is 5. The van der Waals surface area contributed by atoms with Crippen molar-refractivity contribution in [1.29, 1.82) is 0 Å². The van der Waals surface area contributed by atoms with Crippen LogP contribution in [0.5, 0.6) is 0 Å². The van der Waals surface area contributed by atoms with Gasteiger partial charge in [0.25, 0.3) is 0 Å². The summed E-state index contributed by atoms with van der Waals surface area (Å²) in [6, 6.07) is 13.1. The molecule has 0 amide bonds. The summed E-state index contributed by atoms with van der Waals surface area (Å²) in [6.45, 7) is 6.69. The Morgan fingerprint density at radius 3 is 2.48 bits per heavy atom. The summed E-state index contributed by atoms with van der Waals surface area (Å²) < 4.78 is 0. The Morgan fingerprint density at radius 2 is 1.81 bits per heavy atom. The monoisotopic (exact) mass is 301 g/mol. The van der Waals surface area contributed by atoms with E-state index < -0.39 is 0 Å². The fourth-order valence-corrected chi connectivity index (χ4v) is 3.24. The van der Waals surface area contributed by atoms with E-state index in [1.165, 1.54) is 42.3 Å². The third-order valence-electron chi connectivity index (χ3n) is 4.00. The summed E-state index contributed by atoms with van der Waals surface area (Å²) in [5.41, 5.74) is 2.60. The molecular weight excluding hydrogens is 278 g/mol. The molecule has 0 atom stereocenters. The minimum Gasteiger partial charge on any atom is -0.380 e. The lowest BCUT2D eigenvalue weighted by Gasteiger charge is -2.32. The highest BCUT2D eigenvalue weighted by molar-refractivity contribution is 7.09. The van der Waals surface area contributed by atoms with Gasteiger partial charge in [-0.1, -0.05) is 18.2 Å². The number of likely N-dealkylation sites (N-methyl/N-ethyl adjacent to an activating group) is 1. The van der Waals surface area contributed by atoms with Crippen LogP contribution in [0, 0.1) is 0 Å². The maximum absolute atomic E-state index is 3.47. The second-order valence-corrected chi connectivity index (χ2v) is 6.74. The van der Waals surface area contributed by atoms with Gasteiger partial charge >= 0.3 is 0 Å². The second-order valence-electron chi connectivity index (χ2n) is 5.71. The van der Waals surface area contributed by atoms with Gasteiger partial charge in [0, 0.05) is 49.8 Å². The van der Waals surface area contributed by atoms with Crippen LogP contribution >= 0.6 is 11.3 Å². The van der Waals surface area contributed by atoms with Gasteiger partial charge in [-0.2, -0.15) is 0 Å². The highest BCUT2D eigenvalue weighted by atomic mass is 32.1. The summed E-state index contributed by atoms with van der Waals surface area (Å²) >= 11 is 1.80. The molecule has 0 spiro atoms. The number of nitrogens with one attached hydrogen (secondary N) is 1. The number of piperazine rings is 1. The van der Waals surface area contributed by atoms with Crippen molar-refractivity contribution in [3.8, 4) is 0 Å². The fraction of sp³-hybridized carbons (Fsp3) is 0.412. The van der Waals surface area contributed by atoms with Gasteiger partial charge in [0.2, 0.25) is 0 Å². The van der Waals surface area contributed by atoms with E-state index in [9.17, 15) is 0 Å². The molecule has 0 aliphatic carbocycles. The third-order valence-corrected chi connectivity index (χ3v) is 4.88. The molecule has 1 aliphatic heterocycles. The molecule has 0 unspecified atom stereocenters. The van der Waals surface area contributed by atoms with E-state index in [0.717, 1.165) is 13.1 Å². The van der Waals surface area contributed by atoms with E-state index in [1.807, 2.05) is 0 Å². The first-order valence-electron chi connectivity index (χ1n) is 7.56. The molecule has 1 N–H and O–H groups in total. The maximum atomic E-state index is 3.47. The van der Waals surface area contributed by atoms with Gasteiger partial charge < -0.3 is 10.2 Å². The van der Waals surface area contributed by atoms with Gasteiger partial charge in [-0.3, -0.25) is 4.90 Å². The topological polar surface area (TPSA) is 18.5 Å². The minimum atomic E-state index is 0.912. The van der Waals surface area contributed by atoms with E-state index in [1.54, 1.807) is 11.3 Å². The van der Waals surface area contributed by atoms with Crippen molar-refractivity contribution < 1.29 is 0 Å². The number of hydrogen-bond donors (Lipinski definition) is 1. The Kier molecular flexibility index (Phi) is 4.91. The van der Waals surface area contributed by atoms with Crippen LogP contribution in [0.3, 0.4) is 0 Å². The van der Waals surface area contributed by atoms with Crippen molar-refractivity contribution in [2.75, 3.05) is 38.5 Å². The number of nitrogens with zero attached hydrogens (tertiary/aromatic N) is 2. The lowest BCUT2D eigenvalue weighted by atomic mass is 10.2. The predicted octanol–water partition coefficient (Wildman–Crippen LogP) is 3.11. The van der Waals surface area contributed by atoms with Crippen LogP contribution in [-0.2, 0) is 13.1 Å². The number of thiophene rings is 1. The minimum absolute atomic E-state index is 0.912. The Balaban J connectivity index is 1.49. The van der Waals surface area contributed by atoms with Crippen LogP contribution in [-0.4, -0.2) is 43.0 Å². The zero-order valence-corrected chi connectivity index (χ0v) is 13.4. The van der Waals surface area contributed by atoms with E-state index >= 15 is 0 Å². The smallest absolute Gasteiger partial charge is 0.0494 e. The van der Waals surface area contributed by atoms with E-state index in [2.05, 4.69) is 63.9 Å². The molecule has 2 aromatic rings. The second kappa shape index (κ2) is 7.07. The Hall–Kier alpha value is -1.36. The van der Waals surface area contributed by atoms with Crippen LogP contribution in [0.4, 0.5) is 5.69 Å². The van der Waals surface area contributed by atoms with Crippen molar-refractivity contribution in [3.05, 3.63) is 52.2 Å². The molecule has 0 bridgehead atoms. The number of anilines is 1. The van der Waals surface area contributed by atoms with Crippen LogP contribution in [0.2, 0.25) is 0 Å².